The van der Waals surface area contributed by atoms with E-state index < -0.39 is 10.9 Å². The second kappa shape index (κ2) is 6.42. The van der Waals surface area contributed by atoms with Gasteiger partial charge in [0.15, 0.2) is 0 Å². The Hall–Kier alpha value is -1.76. The van der Waals surface area contributed by atoms with E-state index in [1.807, 2.05) is 13.2 Å². The highest BCUT2D eigenvalue weighted by Gasteiger charge is 2.19. The van der Waals surface area contributed by atoms with Gasteiger partial charge in [-0.25, -0.2) is 4.79 Å². The molecule has 1 rings (SSSR count). The first-order chi connectivity index (χ1) is 8.86. The van der Waals surface area contributed by atoms with Crippen LogP contribution in [0.25, 0.3) is 0 Å². The van der Waals surface area contributed by atoms with Crippen molar-refractivity contribution in [2.24, 2.45) is 0 Å². The fourth-order valence-corrected chi connectivity index (χ4v) is 1.78. The Balaban J connectivity index is 3.14. The summed E-state index contributed by atoms with van der Waals surface area (Å²) in [6.07, 6.45) is 1.97. The van der Waals surface area contributed by atoms with Crippen LogP contribution in [-0.2, 0) is 0 Å². The van der Waals surface area contributed by atoms with Crippen molar-refractivity contribution in [1.82, 2.24) is 0 Å². The largest absolute Gasteiger partial charge is 0.478 e. The monoisotopic (exact) mass is 284 g/mol. The Morgan fingerprint density at radius 1 is 1.58 bits per heavy atom. The molecule has 0 amide bonds. The number of benzene rings is 1. The average molecular weight is 284 g/mol. The van der Waals surface area contributed by atoms with Crippen LogP contribution in [0.5, 0.6) is 0 Å². The Morgan fingerprint density at radius 2 is 2.21 bits per heavy atom. The molecule has 104 valence electrons. The molecule has 6 nitrogen and oxygen atoms in total. The van der Waals surface area contributed by atoms with E-state index >= 15 is 0 Å². The quantitative estimate of drug-likeness (QED) is 0.616. The number of hydrogen-bond donors (Lipinski definition) is 2. The number of aromatic carboxylic acids is 1. The number of nitro benzene ring substituents is 1. The van der Waals surface area contributed by atoms with Crippen molar-refractivity contribution >= 4 is 29.1 Å². The van der Waals surface area contributed by atoms with E-state index in [0.717, 1.165) is 6.07 Å². The zero-order valence-electron chi connectivity index (χ0n) is 11.0. The van der Waals surface area contributed by atoms with E-state index in [9.17, 15) is 14.9 Å². The van der Waals surface area contributed by atoms with E-state index in [2.05, 4.69) is 5.32 Å². The van der Waals surface area contributed by atoms with Crippen molar-refractivity contribution in [2.45, 2.75) is 19.1 Å². The maximum Gasteiger partial charge on any atom is 0.336 e. The van der Waals surface area contributed by atoms with Crippen molar-refractivity contribution in [3.8, 4) is 0 Å². The van der Waals surface area contributed by atoms with E-state index in [0.29, 0.717) is 23.0 Å². The highest BCUT2D eigenvalue weighted by Crippen LogP contribution is 2.28. The lowest BCUT2D eigenvalue weighted by molar-refractivity contribution is -0.385. The zero-order chi connectivity index (χ0) is 14.6. The summed E-state index contributed by atoms with van der Waals surface area (Å²) in [5, 5.41) is 23.3. The van der Waals surface area contributed by atoms with Gasteiger partial charge in [-0.3, -0.25) is 10.1 Å². The number of carbonyl (C=O) groups is 1. The standard InChI is InChI=1S/C12H16N2O4S/c1-7(19-3)6-13-10-4-9(12(15)16)5-11(8(10)2)14(17)18/h4-5,7,13H,6H2,1-3H3,(H,15,16). The van der Waals surface area contributed by atoms with Gasteiger partial charge in [-0.1, -0.05) is 6.92 Å². The van der Waals surface area contributed by atoms with Gasteiger partial charge in [-0.15, -0.1) is 0 Å². The third kappa shape index (κ3) is 3.85. The number of carboxylic acids is 1. The Bertz CT molecular complexity index is 505. The summed E-state index contributed by atoms with van der Waals surface area (Å²) >= 11 is 1.66. The maximum atomic E-state index is 11.0. The molecule has 0 bridgehead atoms. The summed E-state index contributed by atoms with van der Waals surface area (Å²) in [7, 11) is 0. The van der Waals surface area contributed by atoms with E-state index in [4.69, 9.17) is 5.11 Å². The summed E-state index contributed by atoms with van der Waals surface area (Å²) in [4.78, 5) is 21.3. The molecule has 0 aliphatic heterocycles. The van der Waals surface area contributed by atoms with Crippen molar-refractivity contribution in [1.29, 1.82) is 0 Å². The Labute approximate surface area is 115 Å². The molecule has 7 heteroatoms. The van der Waals surface area contributed by atoms with E-state index in [1.165, 1.54) is 6.07 Å². The Kier molecular flexibility index (Phi) is 5.17. The fourth-order valence-electron chi connectivity index (χ4n) is 1.53. The van der Waals surface area contributed by atoms with Crippen LogP contribution in [0.1, 0.15) is 22.8 Å². The van der Waals surface area contributed by atoms with Gasteiger partial charge in [-0.2, -0.15) is 11.8 Å². The minimum Gasteiger partial charge on any atom is -0.478 e. The molecule has 0 radical (unpaired) electrons. The van der Waals surface area contributed by atoms with Crippen molar-refractivity contribution < 1.29 is 14.8 Å². The lowest BCUT2D eigenvalue weighted by Gasteiger charge is -2.14. The summed E-state index contributed by atoms with van der Waals surface area (Å²) in [5.41, 5.74) is 0.673. The number of hydrogen-bond acceptors (Lipinski definition) is 5. The molecule has 1 unspecified atom stereocenters. The lowest BCUT2D eigenvalue weighted by Crippen LogP contribution is -2.14. The summed E-state index contributed by atoms with van der Waals surface area (Å²) in [6.45, 7) is 4.24. The lowest BCUT2D eigenvalue weighted by atomic mass is 10.1. The molecule has 0 heterocycles. The minimum absolute atomic E-state index is 0.0865. The van der Waals surface area contributed by atoms with Gasteiger partial charge in [0, 0.05) is 29.1 Å². The highest BCUT2D eigenvalue weighted by atomic mass is 32.2. The number of rotatable bonds is 6. The van der Waals surface area contributed by atoms with Crippen LogP contribution in [0.4, 0.5) is 11.4 Å². The third-order valence-electron chi connectivity index (χ3n) is 2.81. The van der Waals surface area contributed by atoms with Gasteiger partial charge in [0.05, 0.1) is 10.5 Å². The van der Waals surface area contributed by atoms with E-state index in [-0.39, 0.29) is 11.3 Å². The van der Waals surface area contributed by atoms with Crippen LogP contribution in [0, 0.1) is 17.0 Å². The number of carboxylic acid groups (broad SMARTS) is 1. The number of nitro groups is 1. The first-order valence-electron chi connectivity index (χ1n) is 5.65. The molecule has 0 saturated carbocycles. The van der Waals surface area contributed by atoms with E-state index in [1.54, 1.807) is 18.7 Å². The van der Waals surface area contributed by atoms with Gasteiger partial charge in [0.2, 0.25) is 0 Å². The third-order valence-corrected chi connectivity index (χ3v) is 3.78. The molecule has 0 aromatic heterocycles. The molecule has 1 aromatic rings. The Morgan fingerprint density at radius 3 is 2.68 bits per heavy atom. The molecule has 0 aliphatic rings. The smallest absolute Gasteiger partial charge is 0.336 e. The fraction of sp³-hybridized carbons (Fsp3) is 0.417. The van der Waals surface area contributed by atoms with Gasteiger partial charge < -0.3 is 10.4 Å². The molecule has 0 aliphatic carbocycles. The van der Waals surface area contributed by atoms with Gasteiger partial charge in [-0.05, 0) is 19.2 Å². The summed E-state index contributed by atoms with van der Waals surface area (Å²) in [6, 6.07) is 2.51. The predicted molar refractivity (Wildman–Crippen MR) is 76.3 cm³/mol. The molecular formula is C12H16N2O4S. The van der Waals surface area contributed by atoms with Gasteiger partial charge in [0.1, 0.15) is 0 Å². The number of nitrogens with zero attached hydrogens (tertiary/aromatic N) is 1. The number of anilines is 1. The predicted octanol–water partition coefficient (Wildman–Crippen LogP) is 2.76. The molecule has 1 aromatic carbocycles. The minimum atomic E-state index is -1.18. The molecular weight excluding hydrogens is 268 g/mol. The topological polar surface area (TPSA) is 92.5 Å². The normalized spacial score (nSPS) is 11.9. The summed E-state index contributed by atoms with van der Waals surface area (Å²) in [5.74, 6) is -1.18. The molecule has 0 fully saturated rings. The molecule has 0 saturated heterocycles. The molecule has 19 heavy (non-hydrogen) atoms. The van der Waals surface area contributed by atoms with Crippen molar-refractivity contribution in [3.63, 3.8) is 0 Å². The van der Waals surface area contributed by atoms with Crippen LogP contribution < -0.4 is 5.32 Å². The number of nitrogens with one attached hydrogen (secondary N) is 1. The second-order valence-electron chi connectivity index (χ2n) is 4.16. The zero-order valence-corrected chi connectivity index (χ0v) is 11.8. The SMILES string of the molecule is CSC(C)CNc1cc(C(=O)O)cc([N+](=O)[O-])c1C. The summed E-state index contributed by atoms with van der Waals surface area (Å²) < 4.78 is 0. The van der Waals surface area contributed by atoms with Crippen LogP contribution in [0.3, 0.4) is 0 Å². The first kappa shape index (κ1) is 15.3. The molecule has 0 spiro atoms. The second-order valence-corrected chi connectivity index (χ2v) is 5.43. The van der Waals surface area contributed by atoms with Gasteiger partial charge >= 0.3 is 5.97 Å². The average Bonchev–Trinajstić information content (AvgIpc) is 2.36. The highest BCUT2D eigenvalue weighted by molar-refractivity contribution is 7.99. The first-order valence-corrected chi connectivity index (χ1v) is 6.94. The van der Waals surface area contributed by atoms with Crippen LogP contribution in [0.2, 0.25) is 0 Å². The van der Waals surface area contributed by atoms with Crippen LogP contribution in [0.15, 0.2) is 12.1 Å². The maximum absolute atomic E-state index is 11.0. The van der Waals surface area contributed by atoms with Crippen LogP contribution in [-0.4, -0.2) is 34.0 Å². The van der Waals surface area contributed by atoms with Crippen molar-refractivity contribution in [2.75, 3.05) is 18.1 Å². The van der Waals surface area contributed by atoms with Gasteiger partial charge in [0.25, 0.3) is 5.69 Å². The molecule has 1 atom stereocenters. The van der Waals surface area contributed by atoms with Crippen molar-refractivity contribution in [3.05, 3.63) is 33.4 Å². The van der Waals surface area contributed by atoms with Crippen LogP contribution >= 0.6 is 11.8 Å². The molecule has 2 N–H and O–H groups in total. The number of thioether (sulfide) groups is 1.